The van der Waals surface area contributed by atoms with Gasteiger partial charge in [-0.15, -0.1) is 11.3 Å². The van der Waals surface area contributed by atoms with Gasteiger partial charge in [0.25, 0.3) is 0 Å². The van der Waals surface area contributed by atoms with E-state index in [4.69, 9.17) is 5.73 Å². The molecular weight excluding hydrogens is 184 g/mol. The third-order valence-electron chi connectivity index (χ3n) is 1.67. The smallest absolute Gasteiger partial charge is 0.171 e. The Bertz CT molecular complexity index is 336. The number of hydrogen-bond acceptors (Lipinski definition) is 4. The molecule has 1 aromatic heterocycles. The molecule has 0 bridgehead atoms. The summed E-state index contributed by atoms with van der Waals surface area (Å²) in [5, 5.41) is 0.815. The number of Topliss-reactive ketones (excluding diaryl/α,β-unsaturated/α-hetero) is 1. The maximum Gasteiger partial charge on any atom is 0.171 e. The lowest BCUT2D eigenvalue weighted by Crippen LogP contribution is -2.28. The zero-order valence-electron chi connectivity index (χ0n) is 8.34. The highest BCUT2D eigenvalue weighted by Crippen LogP contribution is 2.25. The number of ketones is 1. The first-order valence-corrected chi connectivity index (χ1v) is 4.91. The van der Waals surface area contributed by atoms with Gasteiger partial charge in [-0.2, -0.15) is 0 Å². The minimum atomic E-state index is -0.455. The van der Waals surface area contributed by atoms with Crippen LogP contribution in [-0.2, 0) is 5.54 Å². The van der Waals surface area contributed by atoms with E-state index in [1.165, 1.54) is 11.3 Å². The van der Waals surface area contributed by atoms with E-state index in [0.29, 0.717) is 4.88 Å². The topological polar surface area (TPSA) is 56.0 Å². The molecule has 13 heavy (non-hydrogen) atoms. The SMILES string of the molecule is CC(=O)c1sc(C(C)(C)N)nc1C. The maximum atomic E-state index is 11.1. The van der Waals surface area contributed by atoms with Gasteiger partial charge in [0.1, 0.15) is 5.01 Å². The Balaban J connectivity index is 3.17. The van der Waals surface area contributed by atoms with Crippen molar-refractivity contribution in [3.8, 4) is 0 Å². The van der Waals surface area contributed by atoms with E-state index < -0.39 is 5.54 Å². The third kappa shape index (κ3) is 2.14. The summed E-state index contributed by atoms with van der Waals surface area (Å²) in [6.45, 7) is 7.15. The second-order valence-electron chi connectivity index (χ2n) is 3.71. The first-order valence-electron chi connectivity index (χ1n) is 4.10. The van der Waals surface area contributed by atoms with Gasteiger partial charge < -0.3 is 5.73 Å². The molecule has 0 saturated carbocycles. The molecule has 0 saturated heterocycles. The Kier molecular flexibility index (Phi) is 2.54. The Hall–Kier alpha value is -0.740. The van der Waals surface area contributed by atoms with E-state index >= 15 is 0 Å². The van der Waals surface area contributed by atoms with Crippen molar-refractivity contribution < 1.29 is 4.79 Å². The zero-order chi connectivity index (χ0) is 10.2. The van der Waals surface area contributed by atoms with Crippen molar-refractivity contribution in [3.05, 3.63) is 15.6 Å². The van der Waals surface area contributed by atoms with Gasteiger partial charge in [-0.05, 0) is 20.8 Å². The number of nitrogens with zero attached hydrogens (tertiary/aromatic N) is 1. The first-order chi connectivity index (χ1) is 5.82. The fourth-order valence-electron chi connectivity index (χ4n) is 0.999. The molecule has 0 fully saturated rings. The highest BCUT2D eigenvalue weighted by molar-refractivity contribution is 7.14. The molecule has 0 atom stereocenters. The quantitative estimate of drug-likeness (QED) is 0.738. The van der Waals surface area contributed by atoms with Crippen LogP contribution in [0.1, 0.15) is 41.1 Å². The minimum Gasteiger partial charge on any atom is -0.320 e. The summed E-state index contributed by atoms with van der Waals surface area (Å²) in [4.78, 5) is 16.1. The number of rotatable bonds is 2. The molecular formula is C9H14N2OS. The predicted octanol–water partition coefficient (Wildman–Crippen LogP) is 1.85. The molecule has 2 N–H and O–H groups in total. The number of carbonyl (C=O) groups excluding carboxylic acids is 1. The van der Waals surface area contributed by atoms with Crippen molar-refractivity contribution in [1.82, 2.24) is 4.98 Å². The molecule has 0 spiro atoms. The Labute approximate surface area is 82.0 Å². The van der Waals surface area contributed by atoms with Gasteiger partial charge in [-0.25, -0.2) is 4.98 Å². The highest BCUT2D eigenvalue weighted by Gasteiger charge is 2.21. The van der Waals surface area contributed by atoms with Crippen molar-refractivity contribution in [1.29, 1.82) is 0 Å². The maximum absolute atomic E-state index is 11.1. The number of hydrogen-bond donors (Lipinski definition) is 1. The van der Waals surface area contributed by atoms with Crippen molar-refractivity contribution in [2.24, 2.45) is 5.73 Å². The van der Waals surface area contributed by atoms with Gasteiger partial charge in [0.2, 0.25) is 0 Å². The Morgan fingerprint density at radius 3 is 2.31 bits per heavy atom. The molecule has 4 heteroatoms. The molecule has 0 aliphatic carbocycles. The minimum absolute atomic E-state index is 0.0606. The normalized spacial score (nSPS) is 11.8. The van der Waals surface area contributed by atoms with Crippen LogP contribution >= 0.6 is 11.3 Å². The number of aryl methyl sites for hydroxylation is 1. The van der Waals surface area contributed by atoms with Crippen LogP contribution in [0.2, 0.25) is 0 Å². The van der Waals surface area contributed by atoms with E-state index in [-0.39, 0.29) is 5.78 Å². The summed E-state index contributed by atoms with van der Waals surface area (Å²) < 4.78 is 0. The average molecular weight is 198 g/mol. The molecule has 1 aromatic rings. The van der Waals surface area contributed by atoms with Crippen molar-refractivity contribution >= 4 is 17.1 Å². The van der Waals surface area contributed by atoms with Crippen LogP contribution in [0.5, 0.6) is 0 Å². The number of carbonyl (C=O) groups is 1. The Morgan fingerprint density at radius 1 is 1.54 bits per heavy atom. The summed E-state index contributed by atoms with van der Waals surface area (Å²) in [7, 11) is 0. The lowest BCUT2D eigenvalue weighted by Gasteiger charge is -2.13. The van der Waals surface area contributed by atoms with Crippen molar-refractivity contribution in [2.75, 3.05) is 0 Å². The number of nitrogens with two attached hydrogens (primary N) is 1. The molecule has 72 valence electrons. The van der Waals surface area contributed by atoms with Crippen LogP contribution < -0.4 is 5.73 Å². The van der Waals surface area contributed by atoms with Gasteiger partial charge in [-0.1, -0.05) is 0 Å². The monoisotopic (exact) mass is 198 g/mol. The lowest BCUT2D eigenvalue weighted by molar-refractivity contribution is 0.102. The predicted molar refractivity (Wildman–Crippen MR) is 54.1 cm³/mol. The van der Waals surface area contributed by atoms with Gasteiger partial charge in [0.15, 0.2) is 5.78 Å². The second-order valence-corrected chi connectivity index (χ2v) is 4.71. The molecule has 1 rings (SSSR count). The molecule has 0 aliphatic heterocycles. The highest BCUT2D eigenvalue weighted by atomic mass is 32.1. The number of aromatic nitrogens is 1. The second kappa shape index (κ2) is 3.20. The van der Waals surface area contributed by atoms with Crippen LogP contribution in [-0.4, -0.2) is 10.8 Å². The first kappa shape index (κ1) is 10.3. The molecule has 1 heterocycles. The van der Waals surface area contributed by atoms with Gasteiger partial charge in [0.05, 0.1) is 16.1 Å². The van der Waals surface area contributed by atoms with Crippen molar-refractivity contribution in [2.45, 2.75) is 33.2 Å². The summed E-state index contributed by atoms with van der Waals surface area (Å²) in [6.07, 6.45) is 0. The molecule has 0 aromatic carbocycles. The van der Waals surface area contributed by atoms with E-state index in [9.17, 15) is 4.79 Å². The van der Waals surface area contributed by atoms with Gasteiger partial charge in [-0.3, -0.25) is 4.79 Å². The molecule has 0 aliphatic rings. The third-order valence-corrected chi connectivity index (χ3v) is 3.27. The molecule has 0 unspecified atom stereocenters. The molecule has 0 amide bonds. The van der Waals surface area contributed by atoms with Crippen LogP contribution in [0.4, 0.5) is 0 Å². The molecule has 0 radical (unpaired) electrons. The standard InChI is InChI=1S/C9H14N2OS/c1-5-7(6(2)12)13-8(11-5)9(3,4)10/h10H2,1-4H3. The van der Waals surface area contributed by atoms with Crippen LogP contribution in [0.15, 0.2) is 0 Å². The number of thiazole rings is 1. The van der Waals surface area contributed by atoms with E-state index in [0.717, 1.165) is 10.7 Å². The fourth-order valence-corrected chi connectivity index (χ4v) is 1.97. The average Bonchev–Trinajstić information content (AvgIpc) is 2.29. The summed E-state index contributed by atoms with van der Waals surface area (Å²) in [5.41, 5.74) is 6.20. The van der Waals surface area contributed by atoms with Gasteiger partial charge >= 0.3 is 0 Å². The fraction of sp³-hybridized carbons (Fsp3) is 0.556. The van der Waals surface area contributed by atoms with E-state index in [1.54, 1.807) is 6.92 Å². The van der Waals surface area contributed by atoms with Crippen molar-refractivity contribution in [3.63, 3.8) is 0 Å². The summed E-state index contributed by atoms with van der Waals surface area (Å²) in [5.74, 6) is 0.0606. The summed E-state index contributed by atoms with van der Waals surface area (Å²) >= 11 is 1.39. The lowest BCUT2D eigenvalue weighted by atomic mass is 10.1. The van der Waals surface area contributed by atoms with E-state index in [2.05, 4.69) is 4.98 Å². The van der Waals surface area contributed by atoms with E-state index in [1.807, 2.05) is 20.8 Å². The summed E-state index contributed by atoms with van der Waals surface area (Å²) in [6, 6.07) is 0. The largest absolute Gasteiger partial charge is 0.320 e. The van der Waals surface area contributed by atoms with Gasteiger partial charge in [0, 0.05) is 6.92 Å². The Morgan fingerprint density at radius 2 is 2.08 bits per heavy atom. The zero-order valence-corrected chi connectivity index (χ0v) is 9.16. The van der Waals surface area contributed by atoms with Crippen LogP contribution in [0.25, 0.3) is 0 Å². The van der Waals surface area contributed by atoms with Crippen LogP contribution in [0.3, 0.4) is 0 Å². The van der Waals surface area contributed by atoms with Crippen LogP contribution in [0, 0.1) is 6.92 Å². The molecule has 3 nitrogen and oxygen atoms in total.